The standard InChI is InChI=1S/C13H18N2O3S/c1-11-4-2-3-9-15(11)19(17,18)14-13-7-5-12(10-16)6-8-13/h5-8,10-11,14H,2-4,9H2,1H3. The van der Waals surface area contributed by atoms with E-state index in [0.29, 0.717) is 17.8 Å². The van der Waals surface area contributed by atoms with Crippen LogP contribution in [0.2, 0.25) is 0 Å². The Morgan fingerprint density at radius 1 is 1.26 bits per heavy atom. The summed E-state index contributed by atoms with van der Waals surface area (Å²) in [5.41, 5.74) is 0.998. The molecule has 5 nitrogen and oxygen atoms in total. The van der Waals surface area contributed by atoms with Gasteiger partial charge >= 0.3 is 10.2 Å². The Bertz CT molecular complexity index is 540. The summed E-state index contributed by atoms with van der Waals surface area (Å²) in [7, 11) is -3.51. The minimum Gasteiger partial charge on any atom is -0.298 e. The summed E-state index contributed by atoms with van der Waals surface area (Å²) in [6.07, 6.45) is 3.59. The molecule has 0 saturated carbocycles. The van der Waals surface area contributed by atoms with Crippen molar-refractivity contribution in [2.75, 3.05) is 11.3 Å². The Labute approximate surface area is 113 Å². The van der Waals surface area contributed by atoms with Gasteiger partial charge in [-0.25, -0.2) is 0 Å². The molecule has 1 N–H and O–H groups in total. The fourth-order valence-electron chi connectivity index (χ4n) is 2.27. The summed E-state index contributed by atoms with van der Waals surface area (Å²) in [6.45, 7) is 2.48. The SMILES string of the molecule is CC1CCCCN1S(=O)(=O)Nc1ccc(C=O)cc1. The lowest BCUT2D eigenvalue weighted by molar-refractivity contribution is 0.112. The number of rotatable bonds is 4. The van der Waals surface area contributed by atoms with E-state index in [9.17, 15) is 13.2 Å². The second-order valence-corrected chi connectivity index (χ2v) is 6.43. The molecule has 0 aliphatic carbocycles. The predicted octanol–water partition coefficient (Wildman–Crippen LogP) is 2.03. The number of carbonyl (C=O) groups is 1. The van der Waals surface area contributed by atoms with Crippen LogP contribution >= 0.6 is 0 Å². The number of nitrogens with zero attached hydrogens (tertiary/aromatic N) is 1. The van der Waals surface area contributed by atoms with E-state index in [2.05, 4.69) is 4.72 Å². The molecule has 1 unspecified atom stereocenters. The minimum atomic E-state index is -3.51. The van der Waals surface area contributed by atoms with Crippen LogP contribution in [-0.4, -0.2) is 31.6 Å². The molecule has 0 aromatic heterocycles. The third-order valence-corrected chi connectivity index (χ3v) is 5.00. The van der Waals surface area contributed by atoms with Crippen molar-refractivity contribution in [2.45, 2.75) is 32.2 Å². The molecule has 0 radical (unpaired) electrons. The molecule has 6 heteroatoms. The molecule has 1 aromatic carbocycles. The predicted molar refractivity (Wildman–Crippen MR) is 74.4 cm³/mol. The van der Waals surface area contributed by atoms with Crippen LogP contribution in [-0.2, 0) is 10.2 Å². The first-order valence-corrected chi connectivity index (χ1v) is 7.82. The molecule has 1 aromatic rings. The summed E-state index contributed by atoms with van der Waals surface area (Å²) in [4.78, 5) is 10.5. The molecule has 0 amide bonds. The van der Waals surface area contributed by atoms with Crippen LogP contribution in [0.5, 0.6) is 0 Å². The van der Waals surface area contributed by atoms with Crippen LogP contribution in [0, 0.1) is 0 Å². The first kappa shape index (κ1) is 14.0. The van der Waals surface area contributed by atoms with Crippen molar-refractivity contribution in [3.63, 3.8) is 0 Å². The van der Waals surface area contributed by atoms with E-state index < -0.39 is 10.2 Å². The summed E-state index contributed by atoms with van der Waals surface area (Å²) < 4.78 is 28.6. The molecule has 2 rings (SSSR count). The molecule has 1 saturated heterocycles. The minimum absolute atomic E-state index is 0.0282. The largest absolute Gasteiger partial charge is 0.301 e. The lowest BCUT2D eigenvalue weighted by Gasteiger charge is -2.32. The van der Waals surface area contributed by atoms with E-state index in [1.54, 1.807) is 24.3 Å². The van der Waals surface area contributed by atoms with Gasteiger partial charge in [-0.05, 0) is 44.0 Å². The molecular formula is C13H18N2O3S. The highest BCUT2D eigenvalue weighted by atomic mass is 32.2. The van der Waals surface area contributed by atoms with Crippen molar-refractivity contribution in [3.8, 4) is 0 Å². The number of aldehydes is 1. The van der Waals surface area contributed by atoms with E-state index in [-0.39, 0.29) is 6.04 Å². The zero-order chi connectivity index (χ0) is 13.9. The van der Waals surface area contributed by atoms with Crippen LogP contribution in [0.1, 0.15) is 36.5 Å². The van der Waals surface area contributed by atoms with Crippen LogP contribution in [0.15, 0.2) is 24.3 Å². The van der Waals surface area contributed by atoms with Crippen molar-refractivity contribution >= 4 is 22.2 Å². The normalized spacial score (nSPS) is 21.0. The van der Waals surface area contributed by atoms with Crippen molar-refractivity contribution < 1.29 is 13.2 Å². The highest BCUT2D eigenvalue weighted by Crippen LogP contribution is 2.21. The van der Waals surface area contributed by atoms with Crippen LogP contribution in [0.3, 0.4) is 0 Å². The molecular weight excluding hydrogens is 264 g/mol. The molecule has 19 heavy (non-hydrogen) atoms. The first-order chi connectivity index (χ1) is 9.03. The fourth-order valence-corrected chi connectivity index (χ4v) is 3.77. The van der Waals surface area contributed by atoms with Crippen LogP contribution < -0.4 is 4.72 Å². The number of hydrogen-bond donors (Lipinski definition) is 1. The van der Waals surface area contributed by atoms with E-state index in [1.165, 1.54) is 4.31 Å². The Balaban J connectivity index is 2.13. The van der Waals surface area contributed by atoms with Crippen LogP contribution in [0.4, 0.5) is 5.69 Å². The number of benzene rings is 1. The van der Waals surface area contributed by atoms with E-state index in [4.69, 9.17) is 0 Å². The average Bonchev–Trinajstić information content (AvgIpc) is 2.39. The lowest BCUT2D eigenvalue weighted by atomic mass is 10.1. The number of nitrogens with one attached hydrogen (secondary N) is 1. The van der Waals surface area contributed by atoms with Gasteiger partial charge in [-0.1, -0.05) is 6.42 Å². The van der Waals surface area contributed by atoms with Gasteiger partial charge in [0.15, 0.2) is 0 Å². The Morgan fingerprint density at radius 2 is 1.95 bits per heavy atom. The van der Waals surface area contributed by atoms with Crippen molar-refractivity contribution in [1.82, 2.24) is 4.31 Å². The van der Waals surface area contributed by atoms with Crippen molar-refractivity contribution in [3.05, 3.63) is 29.8 Å². The second-order valence-electron chi connectivity index (χ2n) is 4.80. The van der Waals surface area contributed by atoms with Crippen molar-refractivity contribution in [2.24, 2.45) is 0 Å². The molecule has 1 fully saturated rings. The smallest absolute Gasteiger partial charge is 0.298 e. The molecule has 1 aliphatic heterocycles. The topological polar surface area (TPSA) is 66.5 Å². The second kappa shape index (κ2) is 5.71. The van der Waals surface area contributed by atoms with Crippen molar-refractivity contribution in [1.29, 1.82) is 0 Å². The maximum Gasteiger partial charge on any atom is 0.301 e. The summed E-state index contributed by atoms with van der Waals surface area (Å²) in [5, 5.41) is 0. The summed E-state index contributed by atoms with van der Waals surface area (Å²) in [5.74, 6) is 0. The quantitative estimate of drug-likeness (QED) is 0.859. The molecule has 1 atom stereocenters. The van der Waals surface area contributed by atoms with E-state index in [0.717, 1.165) is 25.5 Å². The monoisotopic (exact) mass is 282 g/mol. The molecule has 104 valence electrons. The highest BCUT2D eigenvalue weighted by Gasteiger charge is 2.29. The van der Waals surface area contributed by atoms with Gasteiger partial charge in [0.2, 0.25) is 0 Å². The third kappa shape index (κ3) is 3.33. The van der Waals surface area contributed by atoms with Gasteiger partial charge in [-0.3, -0.25) is 9.52 Å². The molecule has 0 bridgehead atoms. The number of anilines is 1. The average molecular weight is 282 g/mol. The van der Waals surface area contributed by atoms with Gasteiger partial charge in [0.25, 0.3) is 0 Å². The summed E-state index contributed by atoms with van der Waals surface area (Å²) >= 11 is 0. The van der Waals surface area contributed by atoms with Gasteiger partial charge in [0.1, 0.15) is 6.29 Å². The van der Waals surface area contributed by atoms with E-state index in [1.807, 2.05) is 6.92 Å². The Morgan fingerprint density at radius 3 is 2.53 bits per heavy atom. The third-order valence-electron chi connectivity index (χ3n) is 3.34. The number of piperidine rings is 1. The van der Waals surface area contributed by atoms with Gasteiger partial charge in [-0.2, -0.15) is 12.7 Å². The zero-order valence-corrected chi connectivity index (χ0v) is 11.7. The lowest BCUT2D eigenvalue weighted by Crippen LogP contribution is -2.44. The number of carbonyl (C=O) groups excluding carboxylic acids is 1. The Kier molecular flexibility index (Phi) is 4.21. The highest BCUT2D eigenvalue weighted by molar-refractivity contribution is 7.90. The van der Waals surface area contributed by atoms with Gasteiger partial charge in [0, 0.05) is 23.8 Å². The van der Waals surface area contributed by atoms with Crippen LogP contribution in [0.25, 0.3) is 0 Å². The first-order valence-electron chi connectivity index (χ1n) is 6.38. The maximum absolute atomic E-state index is 12.3. The van der Waals surface area contributed by atoms with E-state index >= 15 is 0 Å². The van der Waals surface area contributed by atoms with Gasteiger partial charge in [0.05, 0.1) is 0 Å². The fraction of sp³-hybridized carbons (Fsp3) is 0.462. The molecule has 0 spiro atoms. The summed E-state index contributed by atoms with van der Waals surface area (Å²) in [6, 6.07) is 6.39. The van der Waals surface area contributed by atoms with Gasteiger partial charge < -0.3 is 0 Å². The molecule has 1 heterocycles. The maximum atomic E-state index is 12.3. The Hall–Kier alpha value is -1.40. The zero-order valence-electron chi connectivity index (χ0n) is 10.9. The number of hydrogen-bond acceptors (Lipinski definition) is 3. The molecule has 1 aliphatic rings. The van der Waals surface area contributed by atoms with Gasteiger partial charge in [-0.15, -0.1) is 0 Å².